The van der Waals surface area contributed by atoms with Crippen molar-refractivity contribution in [2.75, 3.05) is 39.4 Å². The molecule has 1 fully saturated rings. The van der Waals surface area contributed by atoms with Gasteiger partial charge in [-0.2, -0.15) is 0 Å². The summed E-state index contributed by atoms with van der Waals surface area (Å²) < 4.78 is 5.31. The molecule has 1 aromatic rings. The summed E-state index contributed by atoms with van der Waals surface area (Å²) in [6.45, 7) is 5.17. The van der Waals surface area contributed by atoms with Crippen molar-refractivity contribution in [2.24, 2.45) is 5.16 Å². The Labute approximate surface area is 129 Å². The molecule has 0 saturated carbocycles. The lowest BCUT2D eigenvalue weighted by molar-refractivity contribution is -0.136. The molecule has 3 rings (SSSR count). The van der Waals surface area contributed by atoms with Crippen LogP contribution in [0.4, 0.5) is 0 Å². The van der Waals surface area contributed by atoms with Crippen LogP contribution in [0.1, 0.15) is 5.56 Å². The van der Waals surface area contributed by atoms with E-state index in [9.17, 15) is 4.79 Å². The first-order chi connectivity index (χ1) is 10.8. The van der Waals surface area contributed by atoms with Gasteiger partial charge in [0.15, 0.2) is 0 Å². The number of carbonyl (C=O) groups excluding carboxylic acids is 1. The summed E-state index contributed by atoms with van der Waals surface area (Å²) in [4.78, 5) is 18.9. The number of morpholine rings is 1. The largest absolute Gasteiger partial charge is 0.389 e. The van der Waals surface area contributed by atoms with Crippen LogP contribution in [0, 0.1) is 0 Å². The lowest BCUT2D eigenvalue weighted by Gasteiger charge is -2.26. The second-order valence-electron chi connectivity index (χ2n) is 5.15. The molecule has 0 amide bonds. The third kappa shape index (κ3) is 3.52. The van der Waals surface area contributed by atoms with E-state index in [0.29, 0.717) is 11.3 Å². The third-order valence-electron chi connectivity index (χ3n) is 3.66. The average Bonchev–Trinajstić information content (AvgIpc) is 2.94. The normalized spacial score (nSPS) is 20.8. The van der Waals surface area contributed by atoms with Crippen LogP contribution in [-0.4, -0.2) is 56.0 Å². The Kier molecular flexibility index (Phi) is 4.82. The molecule has 0 aromatic heterocycles. The molecule has 6 heteroatoms. The predicted octanol–water partition coefficient (Wildman–Crippen LogP) is 0.753. The molecule has 1 aromatic carbocycles. The van der Waals surface area contributed by atoms with Crippen molar-refractivity contribution >= 4 is 11.7 Å². The maximum atomic E-state index is 11.8. The van der Waals surface area contributed by atoms with Crippen molar-refractivity contribution in [3.8, 4) is 0 Å². The highest BCUT2D eigenvalue weighted by Gasteiger charge is 2.26. The van der Waals surface area contributed by atoms with E-state index in [4.69, 9.17) is 9.57 Å². The summed E-state index contributed by atoms with van der Waals surface area (Å²) in [7, 11) is 0. The lowest BCUT2D eigenvalue weighted by atomic mass is 10.0. The van der Waals surface area contributed by atoms with Crippen LogP contribution in [0.15, 0.2) is 47.3 Å². The monoisotopic (exact) mass is 301 g/mol. The molecule has 0 atom stereocenters. The van der Waals surface area contributed by atoms with Gasteiger partial charge in [0.05, 0.1) is 13.2 Å². The van der Waals surface area contributed by atoms with Crippen LogP contribution < -0.4 is 5.32 Å². The van der Waals surface area contributed by atoms with E-state index < -0.39 is 5.97 Å². The molecule has 22 heavy (non-hydrogen) atoms. The number of benzene rings is 1. The summed E-state index contributed by atoms with van der Waals surface area (Å²) in [5.41, 5.74) is 1.91. The van der Waals surface area contributed by atoms with E-state index in [1.807, 2.05) is 30.3 Å². The fraction of sp³-hybridized carbons (Fsp3) is 0.375. The molecule has 2 aliphatic heterocycles. The second kappa shape index (κ2) is 7.20. The highest BCUT2D eigenvalue weighted by atomic mass is 16.7. The zero-order chi connectivity index (χ0) is 15.2. The van der Waals surface area contributed by atoms with Crippen LogP contribution >= 0.6 is 0 Å². The molecule has 1 saturated heterocycles. The van der Waals surface area contributed by atoms with Gasteiger partial charge in [0.1, 0.15) is 11.3 Å². The number of rotatable bonds is 5. The van der Waals surface area contributed by atoms with Crippen LogP contribution in [0.3, 0.4) is 0 Å². The third-order valence-corrected chi connectivity index (χ3v) is 3.66. The molecule has 0 unspecified atom stereocenters. The zero-order valence-electron chi connectivity index (χ0n) is 12.3. The predicted molar refractivity (Wildman–Crippen MR) is 82.4 cm³/mol. The Morgan fingerprint density at radius 2 is 2.00 bits per heavy atom. The zero-order valence-corrected chi connectivity index (χ0v) is 12.3. The lowest BCUT2D eigenvalue weighted by Crippen LogP contribution is -2.39. The molecule has 1 N–H and O–H groups in total. The highest BCUT2D eigenvalue weighted by molar-refractivity contribution is 6.28. The SMILES string of the molecule is O=C1ON=C(c2ccccc2)C1=CNCCN1CCOCC1. The maximum Gasteiger partial charge on any atom is 0.369 e. The van der Waals surface area contributed by atoms with Gasteiger partial charge in [-0.1, -0.05) is 35.5 Å². The Morgan fingerprint density at radius 3 is 2.77 bits per heavy atom. The Morgan fingerprint density at radius 1 is 1.23 bits per heavy atom. The van der Waals surface area contributed by atoms with Gasteiger partial charge in [-0.25, -0.2) is 4.79 Å². The van der Waals surface area contributed by atoms with E-state index in [1.165, 1.54) is 0 Å². The van der Waals surface area contributed by atoms with Gasteiger partial charge in [0.25, 0.3) is 0 Å². The number of ether oxygens (including phenoxy) is 1. The molecular weight excluding hydrogens is 282 g/mol. The number of nitrogens with one attached hydrogen (secondary N) is 1. The van der Waals surface area contributed by atoms with Crippen molar-refractivity contribution in [2.45, 2.75) is 0 Å². The topological polar surface area (TPSA) is 63.2 Å². The number of oxime groups is 1. The number of carbonyl (C=O) groups is 1. The summed E-state index contributed by atoms with van der Waals surface area (Å²) in [5.74, 6) is -0.419. The molecular formula is C16H19N3O3. The summed E-state index contributed by atoms with van der Waals surface area (Å²) >= 11 is 0. The van der Waals surface area contributed by atoms with Gasteiger partial charge in [0.2, 0.25) is 0 Å². The highest BCUT2D eigenvalue weighted by Crippen LogP contribution is 2.16. The van der Waals surface area contributed by atoms with Crippen molar-refractivity contribution in [1.29, 1.82) is 0 Å². The van der Waals surface area contributed by atoms with Gasteiger partial charge in [-0.15, -0.1) is 0 Å². The fourth-order valence-corrected chi connectivity index (χ4v) is 2.44. The number of hydrogen-bond donors (Lipinski definition) is 1. The van der Waals surface area contributed by atoms with Gasteiger partial charge in [-0.3, -0.25) is 4.90 Å². The summed E-state index contributed by atoms with van der Waals surface area (Å²) in [6, 6.07) is 9.55. The van der Waals surface area contributed by atoms with Gasteiger partial charge < -0.3 is 14.9 Å². The van der Waals surface area contributed by atoms with E-state index >= 15 is 0 Å². The van der Waals surface area contributed by atoms with Crippen LogP contribution in [0.2, 0.25) is 0 Å². The first kappa shape index (κ1) is 14.7. The van der Waals surface area contributed by atoms with E-state index in [1.54, 1.807) is 6.20 Å². The van der Waals surface area contributed by atoms with Crippen LogP contribution in [0.25, 0.3) is 0 Å². The maximum absolute atomic E-state index is 11.8. The van der Waals surface area contributed by atoms with E-state index in [-0.39, 0.29) is 0 Å². The van der Waals surface area contributed by atoms with Gasteiger partial charge >= 0.3 is 5.97 Å². The van der Waals surface area contributed by atoms with Gasteiger partial charge in [-0.05, 0) is 0 Å². The Balaban J connectivity index is 1.57. The van der Waals surface area contributed by atoms with Crippen molar-refractivity contribution in [3.05, 3.63) is 47.7 Å². The molecule has 0 spiro atoms. The van der Waals surface area contributed by atoms with Crippen molar-refractivity contribution < 1.29 is 14.4 Å². The quantitative estimate of drug-likeness (QED) is 0.494. The van der Waals surface area contributed by atoms with Crippen LogP contribution in [0.5, 0.6) is 0 Å². The minimum atomic E-state index is -0.419. The molecule has 2 aliphatic rings. The van der Waals surface area contributed by atoms with E-state index in [2.05, 4.69) is 15.4 Å². The fourth-order valence-electron chi connectivity index (χ4n) is 2.44. The number of nitrogens with zero attached hydrogens (tertiary/aromatic N) is 2. The average molecular weight is 301 g/mol. The number of hydrogen-bond acceptors (Lipinski definition) is 6. The molecule has 0 radical (unpaired) electrons. The molecule has 6 nitrogen and oxygen atoms in total. The van der Waals surface area contributed by atoms with Crippen molar-refractivity contribution in [3.63, 3.8) is 0 Å². The minimum absolute atomic E-state index is 0.419. The standard InChI is InChI=1S/C16H19N3O3/c20-16-14(12-17-6-7-19-8-10-21-11-9-19)15(18-22-16)13-4-2-1-3-5-13/h1-5,12,17H,6-11H2. The molecule has 2 heterocycles. The molecule has 0 bridgehead atoms. The van der Waals surface area contributed by atoms with Crippen molar-refractivity contribution in [1.82, 2.24) is 10.2 Å². The Bertz CT molecular complexity index is 578. The second-order valence-corrected chi connectivity index (χ2v) is 5.15. The van der Waals surface area contributed by atoms with E-state index in [0.717, 1.165) is 45.0 Å². The molecule has 0 aliphatic carbocycles. The summed E-state index contributed by atoms with van der Waals surface area (Å²) in [5, 5.41) is 7.05. The van der Waals surface area contributed by atoms with Gasteiger partial charge in [0, 0.05) is 37.9 Å². The molecule has 116 valence electrons. The minimum Gasteiger partial charge on any atom is -0.389 e. The first-order valence-corrected chi connectivity index (χ1v) is 7.43. The smallest absolute Gasteiger partial charge is 0.369 e. The first-order valence-electron chi connectivity index (χ1n) is 7.43. The van der Waals surface area contributed by atoms with Crippen LogP contribution in [-0.2, 0) is 14.4 Å². The Hall–Kier alpha value is -2.18. The summed E-state index contributed by atoms with van der Waals surface area (Å²) in [6.07, 6.45) is 1.70.